The lowest BCUT2D eigenvalue weighted by Crippen LogP contribution is -2.03. The Balaban J connectivity index is 2.08. The molecule has 0 aliphatic carbocycles. The van der Waals surface area contributed by atoms with E-state index in [1.165, 1.54) is 4.68 Å². The number of halogens is 2. The van der Waals surface area contributed by atoms with Crippen LogP contribution in [-0.2, 0) is 13.0 Å². The quantitative estimate of drug-likeness (QED) is 0.877. The van der Waals surface area contributed by atoms with Crippen molar-refractivity contribution in [2.75, 3.05) is 6.54 Å². The van der Waals surface area contributed by atoms with E-state index < -0.39 is 11.6 Å². The maximum atomic E-state index is 13.4. The van der Waals surface area contributed by atoms with E-state index in [1.807, 2.05) is 0 Å². The largest absolute Gasteiger partial charge is 0.330 e. The molecule has 4 nitrogen and oxygen atoms in total. The van der Waals surface area contributed by atoms with Gasteiger partial charge in [-0.3, -0.25) is 0 Å². The molecule has 0 saturated carbocycles. The molecule has 0 bridgehead atoms. The summed E-state index contributed by atoms with van der Waals surface area (Å²) in [6, 6.07) is 3.36. The van der Waals surface area contributed by atoms with Crippen LogP contribution >= 0.6 is 0 Å². The zero-order chi connectivity index (χ0) is 13.0. The van der Waals surface area contributed by atoms with Gasteiger partial charge in [0.25, 0.3) is 0 Å². The summed E-state index contributed by atoms with van der Waals surface area (Å²) >= 11 is 0. The van der Waals surface area contributed by atoms with E-state index in [0.29, 0.717) is 6.54 Å². The van der Waals surface area contributed by atoms with Gasteiger partial charge in [-0.15, -0.1) is 5.10 Å². The molecule has 1 aromatic heterocycles. The summed E-state index contributed by atoms with van der Waals surface area (Å²) in [4.78, 5) is 0. The van der Waals surface area contributed by atoms with Gasteiger partial charge in [-0.2, -0.15) is 0 Å². The van der Waals surface area contributed by atoms with Crippen molar-refractivity contribution in [1.82, 2.24) is 15.0 Å². The van der Waals surface area contributed by atoms with Crippen molar-refractivity contribution in [3.63, 3.8) is 0 Å². The SMILES string of the molecule is NCCCc1cn(Cc2cc(F)ccc2F)nn1. The van der Waals surface area contributed by atoms with Crippen LogP contribution in [0.2, 0.25) is 0 Å². The fraction of sp³-hybridized carbons (Fsp3) is 0.333. The first kappa shape index (κ1) is 12.6. The molecule has 96 valence electrons. The summed E-state index contributed by atoms with van der Waals surface area (Å²) < 4.78 is 27.9. The first-order valence-corrected chi connectivity index (χ1v) is 5.72. The number of aromatic nitrogens is 3. The van der Waals surface area contributed by atoms with Gasteiger partial charge < -0.3 is 5.73 Å². The Morgan fingerprint density at radius 2 is 2.11 bits per heavy atom. The van der Waals surface area contributed by atoms with E-state index in [1.54, 1.807) is 6.20 Å². The van der Waals surface area contributed by atoms with Crippen molar-refractivity contribution in [3.05, 3.63) is 47.3 Å². The fourth-order valence-corrected chi connectivity index (χ4v) is 1.65. The Bertz CT molecular complexity index is 525. The van der Waals surface area contributed by atoms with Crippen molar-refractivity contribution in [3.8, 4) is 0 Å². The minimum atomic E-state index is -0.463. The summed E-state index contributed by atoms with van der Waals surface area (Å²) in [5, 5.41) is 7.82. The minimum absolute atomic E-state index is 0.166. The normalized spacial score (nSPS) is 10.8. The van der Waals surface area contributed by atoms with Gasteiger partial charge >= 0.3 is 0 Å². The Labute approximate surface area is 103 Å². The van der Waals surface area contributed by atoms with Crippen LogP contribution in [0.1, 0.15) is 17.7 Å². The Hall–Kier alpha value is -1.82. The molecule has 2 rings (SSSR count). The first-order chi connectivity index (χ1) is 8.69. The van der Waals surface area contributed by atoms with Crippen LogP contribution in [0.15, 0.2) is 24.4 Å². The van der Waals surface area contributed by atoms with E-state index in [-0.39, 0.29) is 12.1 Å². The standard InChI is InChI=1S/C12H14F2N4/c13-10-3-4-12(14)9(6-10)7-18-8-11(16-17-18)2-1-5-15/h3-4,6,8H,1-2,5,7,15H2. The van der Waals surface area contributed by atoms with Gasteiger partial charge in [-0.1, -0.05) is 5.21 Å². The van der Waals surface area contributed by atoms with Gasteiger partial charge in [0.1, 0.15) is 11.6 Å². The molecule has 0 fully saturated rings. The molecule has 0 unspecified atom stereocenters. The van der Waals surface area contributed by atoms with Crippen molar-refractivity contribution in [2.45, 2.75) is 19.4 Å². The average molecular weight is 252 g/mol. The molecule has 0 saturated heterocycles. The molecule has 0 spiro atoms. The molecular weight excluding hydrogens is 238 g/mol. The van der Waals surface area contributed by atoms with Gasteiger partial charge in [0, 0.05) is 11.8 Å². The van der Waals surface area contributed by atoms with Gasteiger partial charge in [0.05, 0.1) is 12.2 Å². The van der Waals surface area contributed by atoms with Crippen LogP contribution in [0.4, 0.5) is 8.78 Å². The highest BCUT2D eigenvalue weighted by Gasteiger charge is 2.06. The fourth-order valence-electron chi connectivity index (χ4n) is 1.65. The Morgan fingerprint density at radius 3 is 2.89 bits per heavy atom. The van der Waals surface area contributed by atoms with Crippen molar-refractivity contribution in [2.24, 2.45) is 5.73 Å². The summed E-state index contributed by atoms with van der Waals surface area (Å²) in [6.07, 6.45) is 3.29. The van der Waals surface area contributed by atoms with Gasteiger partial charge in [-0.25, -0.2) is 13.5 Å². The number of nitrogens with zero attached hydrogens (tertiary/aromatic N) is 3. The van der Waals surface area contributed by atoms with E-state index >= 15 is 0 Å². The summed E-state index contributed by atoms with van der Waals surface area (Å²) in [5.41, 5.74) is 6.45. The molecule has 0 radical (unpaired) electrons. The van der Waals surface area contributed by atoms with E-state index in [2.05, 4.69) is 10.3 Å². The molecule has 0 amide bonds. The molecule has 0 atom stereocenters. The number of hydrogen-bond acceptors (Lipinski definition) is 3. The second-order valence-electron chi connectivity index (χ2n) is 4.04. The number of aryl methyl sites for hydroxylation is 1. The van der Waals surface area contributed by atoms with Gasteiger partial charge in [0.15, 0.2) is 0 Å². The van der Waals surface area contributed by atoms with Crippen LogP contribution in [-0.4, -0.2) is 21.5 Å². The second-order valence-corrected chi connectivity index (χ2v) is 4.04. The predicted molar refractivity (Wildman–Crippen MR) is 62.9 cm³/mol. The Morgan fingerprint density at radius 1 is 1.28 bits per heavy atom. The first-order valence-electron chi connectivity index (χ1n) is 5.72. The molecule has 0 aliphatic heterocycles. The molecule has 18 heavy (non-hydrogen) atoms. The molecule has 1 heterocycles. The zero-order valence-corrected chi connectivity index (χ0v) is 9.81. The molecule has 6 heteroatoms. The van der Waals surface area contributed by atoms with Crippen LogP contribution in [0.5, 0.6) is 0 Å². The van der Waals surface area contributed by atoms with Crippen molar-refractivity contribution >= 4 is 0 Å². The van der Waals surface area contributed by atoms with E-state index in [9.17, 15) is 8.78 Å². The van der Waals surface area contributed by atoms with Crippen LogP contribution in [0.3, 0.4) is 0 Å². The van der Waals surface area contributed by atoms with E-state index in [0.717, 1.165) is 36.7 Å². The number of benzene rings is 1. The summed E-state index contributed by atoms with van der Waals surface area (Å²) in [5.74, 6) is -0.912. The third-order valence-electron chi connectivity index (χ3n) is 2.56. The molecular formula is C12H14F2N4. The summed E-state index contributed by atoms with van der Waals surface area (Å²) in [7, 11) is 0. The predicted octanol–water partition coefficient (Wildman–Crippen LogP) is 1.50. The lowest BCUT2D eigenvalue weighted by Gasteiger charge is -2.02. The van der Waals surface area contributed by atoms with Crippen molar-refractivity contribution < 1.29 is 8.78 Å². The molecule has 1 aromatic carbocycles. The molecule has 0 aliphatic rings. The molecule has 2 N–H and O–H groups in total. The molecule has 2 aromatic rings. The lowest BCUT2D eigenvalue weighted by molar-refractivity contribution is 0.560. The number of hydrogen-bond donors (Lipinski definition) is 1. The zero-order valence-electron chi connectivity index (χ0n) is 9.81. The van der Waals surface area contributed by atoms with Crippen molar-refractivity contribution in [1.29, 1.82) is 0 Å². The van der Waals surface area contributed by atoms with Crippen LogP contribution in [0, 0.1) is 11.6 Å². The minimum Gasteiger partial charge on any atom is -0.330 e. The smallest absolute Gasteiger partial charge is 0.128 e. The number of nitrogens with two attached hydrogens (primary N) is 1. The van der Waals surface area contributed by atoms with Gasteiger partial charge in [0.2, 0.25) is 0 Å². The maximum Gasteiger partial charge on any atom is 0.128 e. The third kappa shape index (κ3) is 3.10. The maximum absolute atomic E-state index is 13.4. The van der Waals surface area contributed by atoms with Crippen LogP contribution in [0.25, 0.3) is 0 Å². The number of rotatable bonds is 5. The average Bonchev–Trinajstić information content (AvgIpc) is 2.79. The third-order valence-corrected chi connectivity index (χ3v) is 2.56. The monoisotopic (exact) mass is 252 g/mol. The van der Waals surface area contributed by atoms with Crippen LogP contribution < -0.4 is 5.73 Å². The second kappa shape index (κ2) is 5.68. The van der Waals surface area contributed by atoms with Gasteiger partial charge in [-0.05, 0) is 37.6 Å². The van der Waals surface area contributed by atoms with E-state index in [4.69, 9.17) is 5.73 Å². The Kier molecular flexibility index (Phi) is 3.99. The highest BCUT2D eigenvalue weighted by atomic mass is 19.1. The highest BCUT2D eigenvalue weighted by molar-refractivity contribution is 5.18. The lowest BCUT2D eigenvalue weighted by atomic mass is 10.2. The highest BCUT2D eigenvalue weighted by Crippen LogP contribution is 2.11. The summed E-state index contributed by atoms with van der Waals surface area (Å²) in [6.45, 7) is 0.755. The topological polar surface area (TPSA) is 56.7 Å².